The zero-order valence-corrected chi connectivity index (χ0v) is 11.3. The molecule has 0 saturated carbocycles. The molecule has 16 heavy (non-hydrogen) atoms. The van der Waals surface area contributed by atoms with Crippen molar-refractivity contribution < 1.29 is 0 Å². The molecule has 0 spiro atoms. The molecule has 2 atom stereocenters. The lowest BCUT2D eigenvalue weighted by Crippen LogP contribution is -2.54. The van der Waals surface area contributed by atoms with E-state index in [4.69, 9.17) is 0 Å². The van der Waals surface area contributed by atoms with Crippen LogP contribution in [0.15, 0.2) is 0 Å². The smallest absolute Gasteiger partial charge is 0.0227 e. The van der Waals surface area contributed by atoms with Crippen molar-refractivity contribution in [2.45, 2.75) is 58.5 Å². The third-order valence-electron chi connectivity index (χ3n) is 4.10. The SMILES string of the molecule is CCCCN1[C@@H]2CC[C@H]1CN(CC(C)C)C2. The number of hydrogen-bond acceptors (Lipinski definition) is 2. The summed E-state index contributed by atoms with van der Waals surface area (Å²) >= 11 is 0. The first-order chi connectivity index (χ1) is 7.70. The number of likely N-dealkylation sites (tertiary alicyclic amines) is 1. The summed E-state index contributed by atoms with van der Waals surface area (Å²) in [5.41, 5.74) is 0. The van der Waals surface area contributed by atoms with Gasteiger partial charge in [-0.3, -0.25) is 9.80 Å². The Morgan fingerprint density at radius 1 is 1.12 bits per heavy atom. The number of fused-ring (bicyclic) bond motifs is 2. The molecule has 2 aliphatic rings. The summed E-state index contributed by atoms with van der Waals surface area (Å²) in [4.78, 5) is 5.51. The van der Waals surface area contributed by atoms with E-state index in [1.807, 2.05) is 0 Å². The van der Waals surface area contributed by atoms with E-state index < -0.39 is 0 Å². The van der Waals surface area contributed by atoms with Gasteiger partial charge in [0.2, 0.25) is 0 Å². The van der Waals surface area contributed by atoms with Gasteiger partial charge in [0.25, 0.3) is 0 Å². The quantitative estimate of drug-likeness (QED) is 0.708. The molecule has 0 N–H and O–H groups in total. The Hall–Kier alpha value is -0.0800. The second-order valence-electron chi connectivity index (χ2n) is 6.09. The van der Waals surface area contributed by atoms with Crippen LogP contribution in [-0.4, -0.2) is 48.1 Å². The largest absolute Gasteiger partial charge is 0.300 e. The Morgan fingerprint density at radius 3 is 2.25 bits per heavy atom. The zero-order valence-electron chi connectivity index (χ0n) is 11.3. The van der Waals surface area contributed by atoms with Gasteiger partial charge < -0.3 is 0 Å². The van der Waals surface area contributed by atoms with Crippen LogP contribution in [0.25, 0.3) is 0 Å². The van der Waals surface area contributed by atoms with Crippen LogP contribution in [0.5, 0.6) is 0 Å². The minimum absolute atomic E-state index is 0.821. The molecule has 0 aromatic rings. The van der Waals surface area contributed by atoms with Crippen molar-refractivity contribution in [2.75, 3.05) is 26.2 Å². The first-order valence-corrected chi connectivity index (χ1v) is 7.18. The van der Waals surface area contributed by atoms with Crippen LogP contribution in [0.1, 0.15) is 46.5 Å². The summed E-state index contributed by atoms with van der Waals surface area (Å²) in [5.74, 6) is 0.821. The molecule has 94 valence electrons. The van der Waals surface area contributed by atoms with Gasteiger partial charge in [-0.05, 0) is 31.7 Å². The van der Waals surface area contributed by atoms with Crippen LogP contribution in [0, 0.1) is 5.92 Å². The van der Waals surface area contributed by atoms with Crippen molar-refractivity contribution in [2.24, 2.45) is 5.92 Å². The van der Waals surface area contributed by atoms with E-state index in [1.165, 1.54) is 51.9 Å². The summed E-state index contributed by atoms with van der Waals surface area (Å²) in [7, 11) is 0. The monoisotopic (exact) mass is 224 g/mol. The third-order valence-corrected chi connectivity index (χ3v) is 4.10. The molecule has 2 heterocycles. The van der Waals surface area contributed by atoms with Gasteiger partial charge in [-0.2, -0.15) is 0 Å². The fraction of sp³-hybridized carbons (Fsp3) is 1.00. The van der Waals surface area contributed by atoms with E-state index in [-0.39, 0.29) is 0 Å². The first-order valence-electron chi connectivity index (χ1n) is 7.18. The van der Waals surface area contributed by atoms with Gasteiger partial charge in [-0.15, -0.1) is 0 Å². The van der Waals surface area contributed by atoms with E-state index in [0.29, 0.717) is 0 Å². The highest BCUT2D eigenvalue weighted by atomic mass is 15.3. The molecule has 0 aliphatic carbocycles. The Labute approximate surface area is 101 Å². The highest BCUT2D eigenvalue weighted by Gasteiger charge is 2.38. The number of piperazine rings is 1. The highest BCUT2D eigenvalue weighted by molar-refractivity contribution is 4.95. The molecule has 0 aromatic heterocycles. The van der Waals surface area contributed by atoms with Crippen molar-refractivity contribution in [1.29, 1.82) is 0 Å². The maximum atomic E-state index is 2.81. The predicted molar refractivity (Wildman–Crippen MR) is 69.7 cm³/mol. The normalized spacial score (nSPS) is 31.5. The first kappa shape index (κ1) is 12.4. The van der Waals surface area contributed by atoms with Crippen molar-refractivity contribution >= 4 is 0 Å². The van der Waals surface area contributed by atoms with Gasteiger partial charge in [0, 0.05) is 31.7 Å². The molecular weight excluding hydrogens is 196 g/mol. The standard InChI is InChI=1S/C14H28N2/c1-4-5-8-16-13-6-7-14(16)11-15(10-13)9-12(2)3/h12-14H,4-11H2,1-3H3/t13-,14+. The van der Waals surface area contributed by atoms with Crippen molar-refractivity contribution in [3.8, 4) is 0 Å². The molecule has 2 nitrogen and oxygen atoms in total. The van der Waals surface area contributed by atoms with Gasteiger partial charge in [-0.25, -0.2) is 0 Å². The molecule has 0 amide bonds. The fourth-order valence-corrected chi connectivity index (χ4v) is 3.45. The second kappa shape index (κ2) is 5.50. The molecule has 2 aliphatic heterocycles. The summed E-state index contributed by atoms with van der Waals surface area (Å²) in [6.45, 7) is 12.3. The van der Waals surface area contributed by atoms with Crippen molar-refractivity contribution in [3.63, 3.8) is 0 Å². The van der Waals surface area contributed by atoms with Crippen molar-refractivity contribution in [3.05, 3.63) is 0 Å². The Kier molecular flexibility index (Phi) is 4.26. The predicted octanol–water partition coefficient (Wildman–Crippen LogP) is 2.59. The average Bonchev–Trinajstić information content (AvgIpc) is 2.46. The summed E-state index contributed by atoms with van der Waals surface area (Å²) in [6.07, 6.45) is 5.62. The summed E-state index contributed by atoms with van der Waals surface area (Å²) in [5, 5.41) is 0. The van der Waals surface area contributed by atoms with Gasteiger partial charge in [0.15, 0.2) is 0 Å². The zero-order chi connectivity index (χ0) is 11.5. The minimum atomic E-state index is 0.821. The van der Waals surface area contributed by atoms with E-state index in [2.05, 4.69) is 30.6 Å². The molecule has 0 radical (unpaired) electrons. The van der Waals surface area contributed by atoms with Crippen LogP contribution in [0.2, 0.25) is 0 Å². The van der Waals surface area contributed by atoms with Crippen LogP contribution in [-0.2, 0) is 0 Å². The van der Waals surface area contributed by atoms with Gasteiger partial charge in [-0.1, -0.05) is 27.2 Å². The summed E-state index contributed by atoms with van der Waals surface area (Å²) < 4.78 is 0. The lowest BCUT2D eigenvalue weighted by Gasteiger charge is -2.41. The van der Waals surface area contributed by atoms with Crippen LogP contribution in [0.4, 0.5) is 0 Å². The highest BCUT2D eigenvalue weighted by Crippen LogP contribution is 2.30. The molecule has 2 saturated heterocycles. The van der Waals surface area contributed by atoms with E-state index in [0.717, 1.165) is 18.0 Å². The van der Waals surface area contributed by atoms with Crippen LogP contribution < -0.4 is 0 Å². The van der Waals surface area contributed by atoms with Crippen LogP contribution in [0.3, 0.4) is 0 Å². The summed E-state index contributed by atoms with van der Waals surface area (Å²) in [6, 6.07) is 1.76. The molecular formula is C14H28N2. The maximum absolute atomic E-state index is 2.81. The molecule has 2 fully saturated rings. The molecule has 0 aromatic carbocycles. The van der Waals surface area contributed by atoms with Gasteiger partial charge >= 0.3 is 0 Å². The lowest BCUT2D eigenvalue weighted by molar-refractivity contribution is 0.0595. The fourth-order valence-electron chi connectivity index (χ4n) is 3.45. The average molecular weight is 224 g/mol. The molecule has 0 unspecified atom stereocenters. The Bertz CT molecular complexity index is 201. The topological polar surface area (TPSA) is 6.48 Å². The maximum Gasteiger partial charge on any atom is 0.0227 e. The van der Waals surface area contributed by atoms with Crippen molar-refractivity contribution in [1.82, 2.24) is 9.80 Å². The van der Waals surface area contributed by atoms with E-state index in [9.17, 15) is 0 Å². The van der Waals surface area contributed by atoms with Gasteiger partial charge in [0.1, 0.15) is 0 Å². The number of unbranched alkanes of at least 4 members (excludes halogenated alkanes) is 1. The molecule has 2 heteroatoms. The second-order valence-corrected chi connectivity index (χ2v) is 6.09. The Balaban J connectivity index is 1.85. The van der Waals surface area contributed by atoms with Crippen LogP contribution >= 0.6 is 0 Å². The number of hydrogen-bond donors (Lipinski definition) is 0. The number of rotatable bonds is 5. The van der Waals surface area contributed by atoms with E-state index in [1.54, 1.807) is 0 Å². The number of nitrogens with zero attached hydrogens (tertiary/aromatic N) is 2. The Morgan fingerprint density at radius 2 is 1.75 bits per heavy atom. The van der Waals surface area contributed by atoms with E-state index >= 15 is 0 Å². The minimum Gasteiger partial charge on any atom is -0.300 e. The van der Waals surface area contributed by atoms with Gasteiger partial charge in [0.05, 0.1) is 0 Å². The third kappa shape index (κ3) is 2.78. The molecule has 2 rings (SSSR count). The lowest BCUT2D eigenvalue weighted by atomic mass is 10.1. The molecule has 2 bridgehead atoms.